The molecule has 5 heteroatoms. The Morgan fingerprint density at radius 3 is 1.93 bits per heavy atom. The lowest BCUT2D eigenvalue weighted by atomic mass is 10.0. The van der Waals surface area contributed by atoms with E-state index < -0.39 is 0 Å². The predicted octanol–water partition coefficient (Wildman–Crippen LogP) is 3.61. The molecule has 0 saturated carbocycles. The van der Waals surface area contributed by atoms with E-state index in [0.717, 1.165) is 16.8 Å². The maximum Gasteiger partial charge on any atom is 0.252 e. The zero-order valence-electron chi connectivity index (χ0n) is 15.8. The molecule has 0 radical (unpaired) electrons. The standard InChI is InChI=1S/C23H23N3O2/c1-17-8-9-21(16-26-17)23(28)25-15-5-14-24-22(27)20-12-10-19(11-13-20)18-6-3-2-4-7-18/h2-4,6-13,16H,5,14-15H2,1H3,(H,24,27)(H,25,28). The summed E-state index contributed by atoms with van der Waals surface area (Å²) < 4.78 is 0. The highest BCUT2D eigenvalue weighted by molar-refractivity contribution is 5.95. The molecule has 2 aromatic carbocycles. The Hall–Kier alpha value is -3.47. The summed E-state index contributed by atoms with van der Waals surface area (Å²) in [7, 11) is 0. The van der Waals surface area contributed by atoms with Crippen molar-refractivity contribution in [3.63, 3.8) is 0 Å². The first-order valence-corrected chi connectivity index (χ1v) is 9.28. The van der Waals surface area contributed by atoms with E-state index in [9.17, 15) is 9.59 Å². The molecule has 1 aromatic heterocycles. The predicted molar refractivity (Wildman–Crippen MR) is 110 cm³/mol. The van der Waals surface area contributed by atoms with Crippen LogP contribution in [0.5, 0.6) is 0 Å². The lowest BCUT2D eigenvalue weighted by molar-refractivity contribution is 0.0951. The van der Waals surface area contributed by atoms with Crippen molar-refractivity contribution in [1.29, 1.82) is 0 Å². The van der Waals surface area contributed by atoms with Gasteiger partial charge >= 0.3 is 0 Å². The van der Waals surface area contributed by atoms with Crippen LogP contribution in [0.3, 0.4) is 0 Å². The number of nitrogens with one attached hydrogen (secondary N) is 2. The van der Waals surface area contributed by atoms with Crippen molar-refractivity contribution in [2.75, 3.05) is 13.1 Å². The van der Waals surface area contributed by atoms with Crippen molar-refractivity contribution in [3.8, 4) is 11.1 Å². The van der Waals surface area contributed by atoms with Crippen LogP contribution in [-0.2, 0) is 0 Å². The Balaban J connectivity index is 1.41. The summed E-state index contributed by atoms with van der Waals surface area (Å²) in [6.07, 6.45) is 2.21. The lowest BCUT2D eigenvalue weighted by Crippen LogP contribution is -2.29. The van der Waals surface area contributed by atoms with Crippen molar-refractivity contribution in [2.45, 2.75) is 13.3 Å². The molecule has 28 heavy (non-hydrogen) atoms. The molecule has 0 bridgehead atoms. The zero-order valence-corrected chi connectivity index (χ0v) is 15.8. The fraction of sp³-hybridized carbons (Fsp3) is 0.174. The molecule has 0 fully saturated rings. The second kappa shape index (κ2) is 9.46. The van der Waals surface area contributed by atoms with Crippen LogP contribution in [0.15, 0.2) is 72.9 Å². The first-order chi connectivity index (χ1) is 13.6. The maximum absolute atomic E-state index is 12.2. The quantitative estimate of drug-likeness (QED) is 0.622. The molecule has 3 rings (SSSR count). The SMILES string of the molecule is Cc1ccc(C(=O)NCCCNC(=O)c2ccc(-c3ccccc3)cc2)cn1. The van der Waals surface area contributed by atoms with Gasteiger partial charge in [0, 0.05) is 30.5 Å². The molecule has 0 aliphatic rings. The third-order valence-electron chi connectivity index (χ3n) is 4.35. The molecule has 2 amide bonds. The summed E-state index contributed by atoms with van der Waals surface area (Å²) in [6, 6.07) is 21.1. The minimum Gasteiger partial charge on any atom is -0.352 e. The molecule has 0 aliphatic heterocycles. The van der Waals surface area contributed by atoms with Gasteiger partial charge in [0.15, 0.2) is 0 Å². The summed E-state index contributed by atoms with van der Waals surface area (Å²) in [5.74, 6) is -0.274. The number of rotatable bonds is 7. The van der Waals surface area contributed by atoms with Crippen LogP contribution in [0.25, 0.3) is 11.1 Å². The van der Waals surface area contributed by atoms with Crippen molar-refractivity contribution in [2.24, 2.45) is 0 Å². The highest BCUT2D eigenvalue weighted by Gasteiger charge is 2.07. The van der Waals surface area contributed by atoms with Gasteiger partial charge in [-0.3, -0.25) is 14.6 Å². The van der Waals surface area contributed by atoms with Crippen molar-refractivity contribution in [3.05, 3.63) is 89.7 Å². The van der Waals surface area contributed by atoms with Crippen molar-refractivity contribution < 1.29 is 9.59 Å². The van der Waals surface area contributed by atoms with Gasteiger partial charge in [0.2, 0.25) is 0 Å². The number of carbonyl (C=O) groups is 2. The third kappa shape index (κ3) is 5.27. The first kappa shape index (κ1) is 19.3. The molecule has 142 valence electrons. The van der Waals surface area contributed by atoms with E-state index in [0.29, 0.717) is 30.6 Å². The van der Waals surface area contributed by atoms with Gasteiger partial charge in [-0.25, -0.2) is 0 Å². The largest absolute Gasteiger partial charge is 0.352 e. The van der Waals surface area contributed by atoms with Gasteiger partial charge in [-0.15, -0.1) is 0 Å². The molecule has 5 nitrogen and oxygen atoms in total. The molecule has 1 heterocycles. The van der Waals surface area contributed by atoms with Crippen LogP contribution in [0.1, 0.15) is 32.8 Å². The van der Waals surface area contributed by atoms with Gasteiger partial charge in [-0.2, -0.15) is 0 Å². The van der Waals surface area contributed by atoms with E-state index in [1.807, 2.05) is 61.5 Å². The van der Waals surface area contributed by atoms with Gasteiger partial charge in [0.05, 0.1) is 5.56 Å². The fourth-order valence-corrected chi connectivity index (χ4v) is 2.74. The second-order valence-electron chi connectivity index (χ2n) is 6.50. The molecule has 0 unspecified atom stereocenters. The normalized spacial score (nSPS) is 10.3. The fourth-order valence-electron chi connectivity index (χ4n) is 2.74. The van der Waals surface area contributed by atoms with Crippen LogP contribution in [-0.4, -0.2) is 29.9 Å². The summed E-state index contributed by atoms with van der Waals surface area (Å²) in [5, 5.41) is 5.70. The smallest absolute Gasteiger partial charge is 0.252 e. The molecule has 3 aromatic rings. The zero-order chi connectivity index (χ0) is 19.8. The highest BCUT2D eigenvalue weighted by Crippen LogP contribution is 2.19. The number of aromatic nitrogens is 1. The lowest BCUT2D eigenvalue weighted by Gasteiger charge is -2.08. The van der Waals surface area contributed by atoms with Crippen LogP contribution in [0.2, 0.25) is 0 Å². The van der Waals surface area contributed by atoms with E-state index >= 15 is 0 Å². The maximum atomic E-state index is 12.2. The highest BCUT2D eigenvalue weighted by atomic mass is 16.2. The summed E-state index contributed by atoms with van der Waals surface area (Å²) in [6.45, 7) is 2.85. The summed E-state index contributed by atoms with van der Waals surface area (Å²) >= 11 is 0. The van der Waals surface area contributed by atoms with Crippen molar-refractivity contribution >= 4 is 11.8 Å². The average Bonchev–Trinajstić information content (AvgIpc) is 2.74. The third-order valence-corrected chi connectivity index (χ3v) is 4.35. The van der Waals surface area contributed by atoms with Gasteiger partial charge in [0.1, 0.15) is 0 Å². The van der Waals surface area contributed by atoms with Gasteiger partial charge < -0.3 is 10.6 Å². The van der Waals surface area contributed by atoms with E-state index in [1.54, 1.807) is 18.3 Å². The molecule has 0 aliphatic carbocycles. The Bertz CT molecular complexity index is 920. The molecular formula is C23H23N3O2. The number of aryl methyl sites for hydroxylation is 1. The summed E-state index contributed by atoms with van der Waals surface area (Å²) in [5.41, 5.74) is 4.22. The topological polar surface area (TPSA) is 71.1 Å². The van der Waals surface area contributed by atoms with Gasteiger partial charge in [0.25, 0.3) is 11.8 Å². The molecule has 0 saturated heterocycles. The van der Waals surface area contributed by atoms with Crippen LogP contribution in [0, 0.1) is 6.92 Å². The number of nitrogens with zero attached hydrogens (tertiary/aromatic N) is 1. The van der Waals surface area contributed by atoms with Crippen molar-refractivity contribution in [1.82, 2.24) is 15.6 Å². The number of benzene rings is 2. The van der Waals surface area contributed by atoms with Gasteiger partial charge in [-0.1, -0.05) is 42.5 Å². The molecule has 0 spiro atoms. The first-order valence-electron chi connectivity index (χ1n) is 9.28. The number of amides is 2. The number of carbonyl (C=O) groups excluding carboxylic acids is 2. The van der Waals surface area contributed by atoms with E-state index in [4.69, 9.17) is 0 Å². The van der Waals surface area contributed by atoms with E-state index in [1.165, 1.54) is 0 Å². The number of hydrogen-bond donors (Lipinski definition) is 2. The number of pyridine rings is 1. The average molecular weight is 373 g/mol. The van der Waals surface area contributed by atoms with Crippen LogP contribution >= 0.6 is 0 Å². The minimum absolute atomic E-state index is 0.117. The molecule has 2 N–H and O–H groups in total. The minimum atomic E-state index is -0.157. The molecular weight excluding hydrogens is 350 g/mol. The van der Waals surface area contributed by atoms with Gasteiger partial charge in [-0.05, 0) is 48.7 Å². The van der Waals surface area contributed by atoms with E-state index in [2.05, 4.69) is 15.6 Å². The Kier molecular flexibility index (Phi) is 6.52. The van der Waals surface area contributed by atoms with Crippen LogP contribution in [0.4, 0.5) is 0 Å². The Morgan fingerprint density at radius 2 is 1.32 bits per heavy atom. The number of hydrogen-bond acceptors (Lipinski definition) is 3. The second-order valence-corrected chi connectivity index (χ2v) is 6.50. The van der Waals surface area contributed by atoms with Crippen LogP contribution < -0.4 is 10.6 Å². The van der Waals surface area contributed by atoms with E-state index in [-0.39, 0.29) is 11.8 Å². The summed E-state index contributed by atoms with van der Waals surface area (Å²) in [4.78, 5) is 28.3. The molecule has 0 atom stereocenters. The Labute approximate surface area is 164 Å². The monoisotopic (exact) mass is 373 g/mol. The Morgan fingerprint density at radius 1 is 0.750 bits per heavy atom.